The number of carbonyl (C=O) groups is 1. The second-order valence-corrected chi connectivity index (χ2v) is 5.87. The van der Waals surface area contributed by atoms with Crippen molar-refractivity contribution in [3.05, 3.63) is 53.5 Å². The number of anilines is 2. The van der Waals surface area contributed by atoms with Crippen LogP contribution in [-0.2, 0) is 0 Å². The van der Waals surface area contributed by atoms with Crippen LogP contribution < -0.4 is 10.6 Å². The summed E-state index contributed by atoms with van der Waals surface area (Å²) in [5.74, 6) is -0.0377. The summed E-state index contributed by atoms with van der Waals surface area (Å²) in [6, 6.07) is 9.06. The first-order valence-corrected chi connectivity index (χ1v) is 7.62. The van der Waals surface area contributed by atoms with E-state index in [1.54, 1.807) is 24.5 Å². The monoisotopic (exact) mass is 329 g/mol. The molecule has 3 rings (SSSR count). The van der Waals surface area contributed by atoms with Crippen molar-refractivity contribution in [1.82, 2.24) is 10.3 Å². The average molecular weight is 330 g/mol. The zero-order valence-electron chi connectivity index (χ0n) is 12.8. The second-order valence-electron chi connectivity index (χ2n) is 5.44. The summed E-state index contributed by atoms with van der Waals surface area (Å²) in [7, 11) is 0. The van der Waals surface area contributed by atoms with Crippen LogP contribution in [0.15, 0.2) is 47.1 Å². The molecule has 1 aromatic carbocycles. The molecule has 2 aromatic heterocycles. The Morgan fingerprint density at radius 1 is 1.22 bits per heavy atom. The molecule has 0 fully saturated rings. The standard InChI is InChI=1S/C17H16ClN3O2/c1-10(2)20-17(22)16-15(13-7-8-19-9-14(13)23-16)21-12-5-3-11(18)4-6-12/h3-10,21H,1-2H3,(H,20,22). The lowest BCUT2D eigenvalue weighted by molar-refractivity contribution is 0.0918. The van der Waals surface area contributed by atoms with Gasteiger partial charge in [0.05, 0.1) is 11.9 Å². The lowest BCUT2D eigenvalue weighted by Crippen LogP contribution is -2.30. The number of fused-ring (bicyclic) bond motifs is 1. The van der Waals surface area contributed by atoms with Gasteiger partial charge in [-0.05, 0) is 44.2 Å². The molecule has 0 atom stereocenters. The summed E-state index contributed by atoms with van der Waals surface area (Å²) in [5, 5.41) is 7.52. The van der Waals surface area contributed by atoms with Crippen LogP contribution >= 0.6 is 11.6 Å². The van der Waals surface area contributed by atoms with Crippen molar-refractivity contribution in [3.63, 3.8) is 0 Å². The van der Waals surface area contributed by atoms with Crippen molar-refractivity contribution >= 4 is 39.9 Å². The quantitative estimate of drug-likeness (QED) is 0.746. The highest BCUT2D eigenvalue weighted by atomic mass is 35.5. The maximum Gasteiger partial charge on any atom is 0.289 e. The topological polar surface area (TPSA) is 67.2 Å². The molecule has 3 aromatic rings. The number of amides is 1. The Labute approximate surface area is 138 Å². The Bertz CT molecular complexity index is 841. The van der Waals surface area contributed by atoms with Crippen molar-refractivity contribution in [1.29, 1.82) is 0 Å². The van der Waals surface area contributed by atoms with Crippen molar-refractivity contribution in [3.8, 4) is 0 Å². The largest absolute Gasteiger partial charge is 0.447 e. The molecular weight excluding hydrogens is 314 g/mol. The lowest BCUT2D eigenvalue weighted by atomic mass is 10.2. The Hall–Kier alpha value is -2.53. The normalized spacial score (nSPS) is 11.0. The van der Waals surface area contributed by atoms with E-state index in [2.05, 4.69) is 15.6 Å². The number of benzene rings is 1. The van der Waals surface area contributed by atoms with Gasteiger partial charge in [0.25, 0.3) is 5.91 Å². The SMILES string of the molecule is CC(C)NC(=O)c1oc2cnccc2c1Nc1ccc(Cl)cc1. The van der Waals surface area contributed by atoms with Gasteiger partial charge in [-0.25, -0.2) is 0 Å². The molecule has 0 aliphatic rings. The maximum absolute atomic E-state index is 12.4. The van der Waals surface area contributed by atoms with E-state index in [4.69, 9.17) is 16.0 Å². The van der Waals surface area contributed by atoms with Gasteiger partial charge in [-0.15, -0.1) is 0 Å². The highest BCUT2D eigenvalue weighted by molar-refractivity contribution is 6.30. The third-order valence-corrected chi connectivity index (χ3v) is 3.48. The number of carbonyl (C=O) groups excluding carboxylic acids is 1. The maximum atomic E-state index is 12.4. The molecule has 0 aliphatic heterocycles. The average Bonchev–Trinajstić information content (AvgIpc) is 2.88. The Balaban J connectivity index is 2.05. The summed E-state index contributed by atoms with van der Waals surface area (Å²) in [6.07, 6.45) is 3.25. The number of rotatable bonds is 4. The number of nitrogens with zero attached hydrogens (tertiary/aromatic N) is 1. The van der Waals surface area contributed by atoms with Gasteiger partial charge in [0.15, 0.2) is 5.58 Å². The number of nitrogens with one attached hydrogen (secondary N) is 2. The minimum Gasteiger partial charge on any atom is -0.447 e. The van der Waals surface area contributed by atoms with Crippen LogP contribution in [0.5, 0.6) is 0 Å². The fraction of sp³-hybridized carbons (Fsp3) is 0.176. The first-order valence-electron chi connectivity index (χ1n) is 7.24. The van der Waals surface area contributed by atoms with E-state index in [-0.39, 0.29) is 17.7 Å². The van der Waals surface area contributed by atoms with E-state index in [9.17, 15) is 4.79 Å². The van der Waals surface area contributed by atoms with E-state index >= 15 is 0 Å². The Morgan fingerprint density at radius 3 is 2.65 bits per heavy atom. The van der Waals surface area contributed by atoms with Gasteiger partial charge >= 0.3 is 0 Å². The zero-order chi connectivity index (χ0) is 16.4. The Kier molecular flexibility index (Phi) is 4.21. The van der Waals surface area contributed by atoms with Gasteiger partial charge in [-0.3, -0.25) is 9.78 Å². The number of hydrogen-bond donors (Lipinski definition) is 2. The van der Waals surface area contributed by atoms with Crippen LogP contribution in [-0.4, -0.2) is 16.9 Å². The predicted octanol–water partition coefficient (Wildman–Crippen LogP) is 4.36. The molecule has 118 valence electrons. The van der Waals surface area contributed by atoms with E-state index in [1.165, 1.54) is 0 Å². The highest BCUT2D eigenvalue weighted by Gasteiger charge is 2.21. The molecule has 0 bridgehead atoms. The molecule has 6 heteroatoms. The summed E-state index contributed by atoms with van der Waals surface area (Å²) in [5.41, 5.74) is 1.98. The van der Waals surface area contributed by atoms with Crippen LogP contribution in [0.4, 0.5) is 11.4 Å². The third-order valence-electron chi connectivity index (χ3n) is 3.23. The number of pyridine rings is 1. The van der Waals surface area contributed by atoms with Gasteiger partial charge in [-0.1, -0.05) is 11.6 Å². The fourth-order valence-corrected chi connectivity index (χ4v) is 2.37. The van der Waals surface area contributed by atoms with Crippen molar-refractivity contribution in [2.24, 2.45) is 0 Å². The van der Waals surface area contributed by atoms with Crippen molar-refractivity contribution in [2.45, 2.75) is 19.9 Å². The minimum atomic E-state index is -0.271. The van der Waals surface area contributed by atoms with Gasteiger partial charge in [-0.2, -0.15) is 0 Å². The van der Waals surface area contributed by atoms with Crippen LogP contribution in [0.3, 0.4) is 0 Å². The highest BCUT2D eigenvalue weighted by Crippen LogP contribution is 2.33. The van der Waals surface area contributed by atoms with Crippen LogP contribution in [0.2, 0.25) is 5.02 Å². The molecule has 5 nitrogen and oxygen atoms in total. The third kappa shape index (κ3) is 3.29. The van der Waals surface area contributed by atoms with Crippen LogP contribution in [0.25, 0.3) is 11.0 Å². The first kappa shape index (κ1) is 15.4. The molecule has 1 amide bonds. The minimum absolute atomic E-state index is 0.0113. The molecule has 0 saturated carbocycles. The predicted molar refractivity (Wildman–Crippen MR) is 91.3 cm³/mol. The summed E-state index contributed by atoms with van der Waals surface area (Å²) in [6.45, 7) is 3.79. The molecular formula is C17H16ClN3O2. The van der Waals surface area contributed by atoms with Gasteiger partial charge < -0.3 is 15.1 Å². The van der Waals surface area contributed by atoms with Gasteiger partial charge in [0.1, 0.15) is 0 Å². The van der Waals surface area contributed by atoms with Crippen molar-refractivity contribution < 1.29 is 9.21 Å². The van der Waals surface area contributed by atoms with Gasteiger partial charge in [0, 0.05) is 28.3 Å². The van der Waals surface area contributed by atoms with E-state index in [0.29, 0.717) is 16.3 Å². The number of halogens is 1. The van der Waals surface area contributed by atoms with Gasteiger partial charge in [0.2, 0.25) is 5.76 Å². The molecule has 23 heavy (non-hydrogen) atoms. The fourth-order valence-electron chi connectivity index (χ4n) is 2.24. The summed E-state index contributed by atoms with van der Waals surface area (Å²) in [4.78, 5) is 16.4. The smallest absolute Gasteiger partial charge is 0.289 e. The van der Waals surface area contributed by atoms with Crippen molar-refractivity contribution in [2.75, 3.05) is 5.32 Å². The molecule has 0 spiro atoms. The second kappa shape index (κ2) is 6.30. The summed E-state index contributed by atoms with van der Waals surface area (Å²) < 4.78 is 5.69. The van der Waals surface area contributed by atoms with E-state index in [1.807, 2.05) is 32.0 Å². The zero-order valence-corrected chi connectivity index (χ0v) is 13.5. The first-order chi connectivity index (χ1) is 11.0. The number of furan rings is 1. The van der Waals surface area contributed by atoms with E-state index < -0.39 is 0 Å². The lowest BCUT2D eigenvalue weighted by Gasteiger charge is -2.09. The molecule has 0 radical (unpaired) electrons. The number of hydrogen-bond acceptors (Lipinski definition) is 4. The molecule has 0 aliphatic carbocycles. The van der Waals surface area contributed by atoms with Crippen LogP contribution in [0, 0.1) is 0 Å². The molecule has 2 heterocycles. The summed E-state index contributed by atoms with van der Waals surface area (Å²) >= 11 is 5.91. The molecule has 2 N–H and O–H groups in total. The molecule has 0 saturated heterocycles. The van der Waals surface area contributed by atoms with E-state index in [0.717, 1.165) is 11.1 Å². The molecule has 0 unspecified atom stereocenters. The Morgan fingerprint density at radius 2 is 1.96 bits per heavy atom. The van der Waals surface area contributed by atoms with Crippen LogP contribution in [0.1, 0.15) is 24.4 Å². The number of aromatic nitrogens is 1.